The Kier molecular flexibility index (Phi) is 3.73. The van der Waals surface area contributed by atoms with Gasteiger partial charge in [0.05, 0.1) is 12.4 Å². The molecule has 0 amide bonds. The van der Waals surface area contributed by atoms with Gasteiger partial charge in [0.2, 0.25) is 0 Å². The van der Waals surface area contributed by atoms with Crippen LogP contribution in [0.25, 0.3) is 10.1 Å². The summed E-state index contributed by atoms with van der Waals surface area (Å²) in [6, 6.07) is 4.16. The van der Waals surface area contributed by atoms with Crippen LogP contribution in [0.5, 0.6) is 0 Å². The van der Waals surface area contributed by atoms with E-state index in [4.69, 9.17) is 5.11 Å². The van der Waals surface area contributed by atoms with Gasteiger partial charge in [0.25, 0.3) is 0 Å². The number of aromatic nitrogens is 3. The molecule has 1 aliphatic heterocycles. The van der Waals surface area contributed by atoms with Crippen LogP contribution in [0.15, 0.2) is 36.1 Å². The number of carboxylic acids is 1. The lowest BCUT2D eigenvalue weighted by molar-refractivity contribution is 0.0690. The molecule has 24 heavy (non-hydrogen) atoms. The molecule has 0 saturated carbocycles. The summed E-state index contributed by atoms with van der Waals surface area (Å²) in [5.74, 6) is 0.677. The van der Waals surface area contributed by atoms with Crippen molar-refractivity contribution in [1.29, 1.82) is 0 Å². The second kappa shape index (κ2) is 6.04. The number of aromatic carboxylic acids is 1. The number of hydrogen-bond acceptors (Lipinski definition) is 7. The van der Waals surface area contributed by atoms with Gasteiger partial charge in [-0.2, -0.15) is 0 Å². The first-order valence-electron chi connectivity index (χ1n) is 7.60. The van der Waals surface area contributed by atoms with E-state index in [0.29, 0.717) is 5.82 Å². The lowest BCUT2D eigenvalue weighted by Crippen LogP contribution is -2.47. The number of thiophene rings is 1. The SMILES string of the molecule is O=C(O)c1cnc(N2CCN(c3nccc4sccc34)CC2)cn1. The first kappa shape index (κ1) is 14.8. The zero-order chi connectivity index (χ0) is 16.5. The molecule has 4 heterocycles. The molecule has 0 radical (unpaired) electrons. The molecule has 1 aliphatic rings. The second-order valence-electron chi connectivity index (χ2n) is 5.51. The molecular formula is C16H15N5O2S. The van der Waals surface area contributed by atoms with Crippen LogP contribution in [-0.4, -0.2) is 52.2 Å². The van der Waals surface area contributed by atoms with Gasteiger partial charge in [0.1, 0.15) is 11.6 Å². The normalized spacial score (nSPS) is 15.0. The van der Waals surface area contributed by atoms with Crippen LogP contribution in [0.4, 0.5) is 11.6 Å². The fourth-order valence-electron chi connectivity index (χ4n) is 2.87. The van der Waals surface area contributed by atoms with Gasteiger partial charge in [-0.05, 0) is 17.5 Å². The number of carbonyl (C=O) groups is 1. The molecule has 0 atom stereocenters. The highest BCUT2D eigenvalue weighted by atomic mass is 32.1. The number of anilines is 2. The predicted octanol–water partition coefficient (Wildman–Crippen LogP) is 2.11. The molecule has 0 aliphatic carbocycles. The minimum Gasteiger partial charge on any atom is -0.476 e. The van der Waals surface area contributed by atoms with Gasteiger partial charge >= 0.3 is 5.97 Å². The van der Waals surface area contributed by atoms with Crippen molar-refractivity contribution in [3.8, 4) is 0 Å². The molecule has 4 rings (SSSR count). The maximum absolute atomic E-state index is 10.8. The highest BCUT2D eigenvalue weighted by Crippen LogP contribution is 2.29. The minimum atomic E-state index is -1.06. The molecule has 3 aromatic heterocycles. The highest BCUT2D eigenvalue weighted by molar-refractivity contribution is 7.17. The monoisotopic (exact) mass is 341 g/mol. The van der Waals surface area contributed by atoms with Crippen molar-refractivity contribution in [2.75, 3.05) is 36.0 Å². The van der Waals surface area contributed by atoms with Crippen LogP contribution < -0.4 is 9.80 Å². The van der Waals surface area contributed by atoms with Gasteiger partial charge in [0.15, 0.2) is 5.69 Å². The van der Waals surface area contributed by atoms with Crippen molar-refractivity contribution in [3.63, 3.8) is 0 Å². The van der Waals surface area contributed by atoms with Crippen molar-refractivity contribution < 1.29 is 9.90 Å². The first-order valence-corrected chi connectivity index (χ1v) is 8.48. The fourth-order valence-corrected chi connectivity index (χ4v) is 3.65. The molecule has 8 heteroatoms. The third-order valence-electron chi connectivity index (χ3n) is 4.12. The van der Waals surface area contributed by atoms with E-state index in [0.717, 1.165) is 32.0 Å². The Hall–Kier alpha value is -2.74. The molecular weight excluding hydrogens is 326 g/mol. The Morgan fingerprint density at radius 1 is 1.04 bits per heavy atom. The van der Waals surface area contributed by atoms with Gasteiger partial charge in [-0.3, -0.25) is 0 Å². The molecule has 3 aromatic rings. The number of carboxylic acid groups (broad SMARTS) is 1. The Bertz CT molecular complexity index is 872. The van der Waals surface area contributed by atoms with Crippen LogP contribution in [0.3, 0.4) is 0 Å². The van der Waals surface area contributed by atoms with Gasteiger partial charge in [-0.25, -0.2) is 19.7 Å². The van der Waals surface area contributed by atoms with E-state index in [-0.39, 0.29) is 5.69 Å². The first-order chi connectivity index (χ1) is 11.7. The highest BCUT2D eigenvalue weighted by Gasteiger charge is 2.21. The van der Waals surface area contributed by atoms with E-state index < -0.39 is 5.97 Å². The molecule has 7 nitrogen and oxygen atoms in total. The molecule has 1 N–H and O–H groups in total. The Morgan fingerprint density at radius 2 is 1.83 bits per heavy atom. The van der Waals surface area contributed by atoms with Crippen LogP contribution in [0.1, 0.15) is 10.5 Å². The van der Waals surface area contributed by atoms with Crippen molar-refractivity contribution >= 4 is 39.0 Å². The van der Waals surface area contributed by atoms with E-state index >= 15 is 0 Å². The molecule has 0 bridgehead atoms. The third kappa shape index (κ3) is 2.65. The summed E-state index contributed by atoms with van der Waals surface area (Å²) in [6.45, 7) is 3.27. The molecule has 1 fully saturated rings. The lowest BCUT2D eigenvalue weighted by Gasteiger charge is -2.36. The fraction of sp³-hybridized carbons (Fsp3) is 0.250. The standard InChI is InChI=1S/C16H15N5O2S/c22-16(23)12-9-19-14(10-18-12)20-4-6-21(7-5-20)15-11-2-8-24-13(11)1-3-17-15/h1-3,8-10H,4-7H2,(H,22,23). The van der Waals surface area contributed by atoms with Crippen LogP contribution in [0.2, 0.25) is 0 Å². The quantitative estimate of drug-likeness (QED) is 0.781. The Morgan fingerprint density at radius 3 is 2.54 bits per heavy atom. The summed E-state index contributed by atoms with van der Waals surface area (Å²) in [5.41, 5.74) is -0.0364. The van der Waals surface area contributed by atoms with E-state index in [1.165, 1.54) is 22.5 Å². The zero-order valence-electron chi connectivity index (χ0n) is 12.8. The second-order valence-corrected chi connectivity index (χ2v) is 6.45. The third-order valence-corrected chi connectivity index (χ3v) is 5.00. The summed E-state index contributed by atoms with van der Waals surface area (Å²) in [6.07, 6.45) is 4.69. The van der Waals surface area contributed by atoms with Crippen LogP contribution >= 0.6 is 11.3 Å². The molecule has 122 valence electrons. The van der Waals surface area contributed by atoms with E-state index in [1.807, 2.05) is 12.3 Å². The van der Waals surface area contributed by atoms with Crippen molar-refractivity contribution in [3.05, 3.63) is 41.8 Å². The molecule has 0 aromatic carbocycles. The average Bonchev–Trinajstić information content (AvgIpc) is 3.11. The average molecular weight is 341 g/mol. The topological polar surface area (TPSA) is 82.5 Å². The van der Waals surface area contributed by atoms with Gasteiger partial charge in [0, 0.05) is 42.5 Å². The van der Waals surface area contributed by atoms with E-state index in [2.05, 4.69) is 36.2 Å². The number of nitrogens with zero attached hydrogens (tertiary/aromatic N) is 5. The van der Waals surface area contributed by atoms with E-state index in [9.17, 15) is 4.79 Å². The van der Waals surface area contributed by atoms with E-state index in [1.54, 1.807) is 11.3 Å². The number of hydrogen-bond donors (Lipinski definition) is 1. The molecule has 0 unspecified atom stereocenters. The minimum absolute atomic E-state index is 0.0364. The lowest BCUT2D eigenvalue weighted by atomic mass is 10.2. The van der Waals surface area contributed by atoms with Gasteiger partial charge in [-0.15, -0.1) is 11.3 Å². The maximum atomic E-state index is 10.8. The smallest absolute Gasteiger partial charge is 0.356 e. The van der Waals surface area contributed by atoms with Crippen LogP contribution in [0, 0.1) is 0 Å². The summed E-state index contributed by atoms with van der Waals surface area (Å²) < 4.78 is 1.25. The zero-order valence-corrected chi connectivity index (χ0v) is 13.6. The number of piperazine rings is 1. The van der Waals surface area contributed by atoms with Crippen molar-refractivity contribution in [1.82, 2.24) is 15.0 Å². The summed E-state index contributed by atoms with van der Waals surface area (Å²) in [4.78, 5) is 27.9. The Balaban J connectivity index is 1.48. The maximum Gasteiger partial charge on any atom is 0.356 e. The number of fused-ring (bicyclic) bond motifs is 1. The molecule has 1 saturated heterocycles. The number of rotatable bonds is 3. The van der Waals surface area contributed by atoms with Crippen LogP contribution in [-0.2, 0) is 0 Å². The predicted molar refractivity (Wildman–Crippen MR) is 93.0 cm³/mol. The van der Waals surface area contributed by atoms with Crippen molar-refractivity contribution in [2.24, 2.45) is 0 Å². The largest absolute Gasteiger partial charge is 0.476 e. The summed E-state index contributed by atoms with van der Waals surface area (Å²) in [5, 5.41) is 12.2. The van der Waals surface area contributed by atoms with Gasteiger partial charge < -0.3 is 14.9 Å². The number of pyridine rings is 1. The summed E-state index contributed by atoms with van der Waals surface area (Å²) >= 11 is 1.72. The summed E-state index contributed by atoms with van der Waals surface area (Å²) in [7, 11) is 0. The van der Waals surface area contributed by atoms with Gasteiger partial charge in [-0.1, -0.05) is 0 Å². The Labute approximate surface area is 142 Å². The molecule has 0 spiro atoms. The van der Waals surface area contributed by atoms with Crippen molar-refractivity contribution in [2.45, 2.75) is 0 Å².